The third kappa shape index (κ3) is 45.7. The molecule has 0 saturated heterocycles. The highest BCUT2D eigenvalue weighted by Gasteiger charge is 2.19. The van der Waals surface area contributed by atoms with E-state index in [1.807, 2.05) is 0 Å². The lowest BCUT2D eigenvalue weighted by Crippen LogP contribution is -2.30. The van der Waals surface area contributed by atoms with Gasteiger partial charge in [-0.05, 0) is 109 Å². The van der Waals surface area contributed by atoms with Gasteiger partial charge in [0.2, 0.25) is 0 Å². The number of hydrogen-bond donors (Lipinski definition) is 0. The third-order valence-corrected chi connectivity index (χ3v) is 10.1. The van der Waals surface area contributed by atoms with Crippen LogP contribution in [0.15, 0.2) is 85.1 Å². The second-order valence-electron chi connectivity index (χ2n) is 16.0. The predicted octanol–water partition coefficient (Wildman–Crippen LogP) is 16.0. The van der Waals surface area contributed by atoms with E-state index < -0.39 is 6.10 Å². The summed E-state index contributed by atoms with van der Waals surface area (Å²) < 4.78 is 16.7. The molecule has 0 bridgehead atoms. The highest BCUT2D eigenvalue weighted by Crippen LogP contribution is 2.13. The van der Waals surface area contributed by atoms with E-state index in [1.54, 1.807) is 0 Å². The summed E-state index contributed by atoms with van der Waals surface area (Å²) in [7, 11) is 0. The Labute approximate surface area is 369 Å². The number of carbonyl (C=O) groups excluding carboxylic acids is 3. The Kier molecular flexibility index (Phi) is 45.5. The molecule has 0 heterocycles. The van der Waals surface area contributed by atoms with Crippen LogP contribution in [-0.4, -0.2) is 37.2 Å². The minimum Gasteiger partial charge on any atom is -0.462 e. The largest absolute Gasteiger partial charge is 0.462 e. The number of carbonyl (C=O) groups is 3. The number of unbranched alkanes of at least 4 members (excludes halogenated alkanes) is 18. The Hall–Kier alpha value is -3.41. The maximum Gasteiger partial charge on any atom is 0.306 e. The fourth-order valence-corrected chi connectivity index (χ4v) is 6.46. The van der Waals surface area contributed by atoms with E-state index in [-0.39, 0.29) is 31.1 Å². The first-order valence-corrected chi connectivity index (χ1v) is 24.6. The molecule has 1 unspecified atom stereocenters. The van der Waals surface area contributed by atoms with Crippen molar-refractivity contribution in [1.29, 1.82) is 0 Å². The second kappa shape index (κ2) is 48.3. The van der Waals surface area contributed by atoms with Crippen molar-refractivity contribution in [3.8, 4) is 0 Å². The average molecular weight is 835 g/mol. The predicted molar refractivity (Wildman–Crippen MR) is 256 cm³/mol. The minimum absolute atomic E-state index is 0.0974. The van der Waals surface area contributed by atoms with E-state index in [4.69, 9.17) is 14.2 Å². The number of rotatable bonds is 43. The van der Waals surface area contributed by atoms with E-state index >= 15 is 0 Å². The van der Waals surface area contributed by atoms with Crippen LogP contribution in [0.3, 0.4) is 0 Å². The van der Waals surface area contributed by atoms with Crippen LogP contribution in [0.2, 0.25) is 0 Å². The van der Waals surface area contributed by atoms with E-state index in [9.17, 15) is 14.4 Å². The molecule has 6 nitrogen and oxygen atoms in total. The molecule has 0 rings (SSSR count). The number of hydrogen-bond acceptors (Lipinski definition) is 6. The summed E-state index contributed by atoms with van der Waals surface area (Å²) >= 11 is 0. The van der Waals surface area contributed by atoms with Gasteiger partial charge < -0.3 is 14.2 Å². The van der Waals surface area contributed by atoms with Crippen molar-refractivity contribution in [2.75, 3.05) is 13.2 Å². The lowest BCUT2D eigenvalue weighted by molar-refractivity contribution is -0.167. The van der Waals surface area contributed by atoms with Crippen molar-refractivity contribution in [2.24, 2.45) is 0 Å². The highest BCUT2D eigenvalue weighted by atomic mass is 16.6. The van der Waals surface area contributed by atoms with Gasteiger partial charge in [-0.15, -0.1) is 0 Å². The molecule has 0 N–H and O–H groups in total. The fourth-order valence-electron chi connectivity index (χ4n) is 6.46. The zero-order valence-electron chi connectivity index (χ0n) is 38.9. The monoisotopic (exact) mass is 835 g/mol. The van der Waals surface area contributed by atoms with Gasteiger partial charge in [0.05, 0.1) is 0 Å². The normalized spacial score (nSPS) is 12.8. The van der Waals surface area contributed by atoms with Crippen molar-refractivity contribution in [3.63, 3.8) is 0 Å². The van der Waals surface area contributed by atoms with Crippen LogP contribution in [-0.2, 0) is 28.6 Å². The summed E-state index contributed by atoms with van der Waals surface area (Å²) in [6.07, 6.45) is 61.5. The first kappa shape index (κ1) is 56.6. The first-order valence-electron chi connectivity index (χ1n) is 24.6. The van der Waals surface area contributed by atoms with E-state index in [0.29, 0.717) is 19.3 Å². The number of ether oxygens (including phenoxy) is 3. The molecule has 0 fully saturated rings. The minimum atomic E-state index is -0.798. The molecule has 0 saturated carbocycles. The van der Waals surface area contributed by atoms with E-state index in [2.05, 4.69) is 106 Å². The van der Waals surface area contributed by atoms with Gasteiger partial charge in [0, 0.05) is 19.3 Å². The van der Waals surface area contributed by atoms with Crippen LogP contribution in [0.25, 0.3) is 0 Å². The first-order chi connectivity index (χ1) is 29.5. The molecule has 60 heavy (non-hydrogen) atoms. The average Bonchev–Trinajstić information content (AvgIpc) is 3.24. The van der Waals surface area contributed by atoms with Crippen molar-refractivity contribution < 1.29 is 28.6 Å². The molecule has 6 heteroatoms. The fraction of sp³-hybridized carbons (Fsp3) is 0.685. The molecule has 0 spiro atoms. The molecule has 0 radical (unpaired) electrons. The molecule has 0 amide bonds. The lowest BCUT2D eigenvalue weighted by Gasteiger charge is -2.18. The van der Waals surface area contributed by atoms with Crippen molar-refractivity contribution in [1.82, 2.24) is 0 Å². The lowest BCUT2D eigenvalue weighted by atomic mass is 10.1. The van der Waals surface area contributed by atoms with Gasteiger partial charge in [-0.1, -0.05) is 176 Å². The summed E-state index contributed by atoms with van der Waals surface area (Å²) in [4.78, 5) is 37.8. The summed E-state index contributed by atoms with van der Waals surface area (Å²) in [5, 5.41) is 0. The van der Waals surface area contributed by atoms with Gasteiger partial charge in [0.15, 0.2) is 6.10 Å². The van der Waals surface area contributed by atoms with Gasteiger partial charge in [-0.25, -0.2) is 0 Å². The molecule has 0 aromatic rings. The van der Waals surface area contributed by atoms with E-state index in [1.165, 1.54) is 64.2 Å². The summed E-state index contributed by atoms with van der Waals surface area (Å²) in [5.41, 5.74) is 0. The molecule has 1 atom stereocenters. The van der Waals surface area contributed by atoms with Crippen molar-refractivity contribution in [3.05, 3.63) is 85.1 Å². The van der Waals surface area contributed by atoms with Gasteiger partial charge in [-0.3, -0.25) is 14.4 Å². The SMILES string of the molecule is CC/C=C\C/C=C\C/C=C\CCCCCCCCC(=O)OC(COC(=O)CCCC/C=C\C/C=C\CC)COC(=O)CCCCCCCCC/C=C\C/C=C\CCCCC. The zero-order chi connectivity index (χ0) is 43.7. The molecule has 0 aliphatic carbocycles. The van der Waals surface area contributed by atoms with Gasteiger partial charge in [-0.2, -0.15) is 0 Å². The molecule has 0 aromatic heterocycles. The smallest absolute Gasteiger partial charge is 0.306 e. The molecular formula is C54H90O6. The zero-order valence-corrected chi connectivity index (χ0v) is 38.9. The van der Waals surface area contributed by atoms with Gasteiger partial charge in [0.25, 0.3) is 0 Å². The summed E-state index contributed by atoms with van der Waals surface area (Å²) in [6.45, 7) is 6.32. The summed E-state index contributed by atoms with van der Waals surface area (Å²) in [5.74, 6) is -0.960. The van der Waals surface area contributed by atoms with Crippen LogP contribution in [0.1, 0.15) is 220 Å². The summed E-state index contributed by atoms with van der Waals surface area (Å²) in [6, 6.07) is 0. The number of esters is 3. The molecular weight excluding hydrogens is 745 g/mol. The standard InChI is InChI=1S/C54H90O6/c1-4-7-10-13-16-19-21-23-25-27-29-30-32-35-38-41-44-47-53(56)59-50-51(49-58-52(55)46-43-40-37-34-18-15-12-9-6-3)60-54(57)48-45-42-39-36-33-31-28-26-24-22-20-17-14-11-8-5-2/h8-9,11-12,16-20,23-26,34,51H,4-7,10,13-15,21-22,27-33,35-50H2,1-3H3/b11-8-,12-9-,19-16-,20-17-,25-23-,26-24-,34-18-. The third-order valence-electron chi connectivity index (χ3n) is 10.1. The molecule has 0 aliphatic rings. The molecule has 0 aliphatic heterocycles. The van der Waals surface area contributed by atoms with Crippen LogP contribution < -0.4 is 0 Å². The Morgan fingerprint density at radius 2 is 0.650 bits per heavy atom. The Balaban J connectivity index is 4.39. The second-order valence-corrected chi connectivity index (χ2v) is 16.0. The maximum atomic E-state index is 12.8. The van der Waals surface area contributed by atoms with Crippen molar-refractivity contribution >= 4 is 17.9 Å². The van der Waals surface area contributed by atoms with Crippen LogP contribution >= 0.6 is 0 Å². The quantitative estimate of drug-likeness (QED) is 0.0263. The molecule has 0 aromatic carbocycles. The van der Waals surface area contributed by atoms with Crippen LogP contribution in [0.4, 0.5) is 0 Å². The topological polar surface area (TPSA) is 78.9 Å². The van der Waals surface area contributed by atoms with Crippen LogP contribution in [0.5, 0.6) is 0 Å². The van der Waals surface area contributed by atoms with Gasteiger partial charge >= 0.3 is 17.9 Å². The Morgan fingerprint density at radius 1 is 0.350 bits per heavy atom. The number of allylic oxidation sites excluding steroid dienone is 14. The highest BCUT2D eigenvalue weighted by molar-refractivity contribution is 5.71. The Bertz CT molecular complexity index is 1190. The van der Waals surface area contributed by atoms with Crippen LogP contribution in [0, 0.1) is 0 Å². The maximum absolute atomic E-state index is 12.8. The molecule has 342 valence electrons. The van der Waals surface area contributed by atoms with Crippen molar-refractivity contribution in [2.45, 2.75) is 226 Å². The van der Waals surface area contributed by atoms with Gasteiger partial charge in [0.1, 0.15) is 13.2 Å². The Morgan fingerprint density at radius 3 is 1.05 bits per heavy atom. The van der Waals surface area contributed by atoms with E-state index in [0.717, 1.165) is 116 Å².